The predicted molar refractivity (Wildman–Crippen MR) is 57.2 cm³/mol. The molecule has 1 rings (SSSR count). The molecule has 3 heteroatoms. The summed E-state index contributed by atoms with van der Waals surface area (Å²) in [6, 6.07) is 0. The number of nitrogens with two attached hydrogens (primary N) is 1. The Morgan fingerprint density at radius 1 is 1.36 bits per heavy atom. The van der Waals surface area contributed by atoms with Crippen LogP contribution < -0.4 is 5.73 Å². The van der Waals surface area contributed by atoms with Crippen molar-refractivity contribution in [2.75, 3.05) is 0 Å². The summed E-state index contributed by atoms with van der Waals surface area (Å²) in [6.07, 6.45) is 0. The Hall–Kier alpha value is -0.830. The molecule has 0 fully saturated rings. The van der Waals surface area contributed by atoms with Crippen molar-refractivity contribution < 1.29 is 4.42 Å². The fourth-order valence-corrected chi connectivity index (χ4v) is 1.28. The lowest BCUT2D eigenvalue weighted by Crippen LogP contribution is -2.11. The van der Waals surface area contributed by atoms with Gasteiger partial charge < -0.3 is 10.2 Å². The van der Waals surface area contributed by atoms with Gasteiger partial charge in [0.1, 0.15) is 5.76 Å². The topological polar surface area (TPSA) is 52.0 Å². The van der Waals surface area contributed by atoms with Crippen LogP contribution >= 0.6 is 0 Å². The Bertz CT molecular complexity index is 308. The van der Waals surface area contributed by atoms with E-state index in [1.165, 1.54) is 0 Å². The van der Waals surface area contributed by atoms with E-state index in [0.717, 1.165) is 17.3 Å². The van der Waals surface area contributed by atoms with Crippen LogP contribution in [-0.2, 0) is 12.0 Å². The maximum Gasteiger partial charge on any atom is 0.200 e. The summed E-state index contributed by atoms with van der Waals surface area (Å²) in [7, 11) is 0. The molecule has 0 aromatic carbocycles. The molecule has 0 aliphatic carbocycles. The van der Waals surface area contributed by atoms with Crippen molar-refractivity contribution in [1.29, 1.82) is 0 Å². The third-order valence-corrected chi connectivity index (χ3v) is 2.10. The maximum absolute atomic E-state index is 5.65. The molecular formula is C11H20N2O. The van der Waals surface area contributed by atoms with Crippen LogP contribution in [0.4, 0.5) is 0 Å². The molecule has 14 heavy (non-hydrogen) atoms. The largest absolute Gasteiger partial charge is 0.443 e. The van der Waals surface area contributed by atoms with Crippen LogP contribution in [0.2, 0.25) is 0 Å². The summed E-state index contributed by atoms with van der Waals surface area (Å²) < 4.78 is 5.65. The Kier molecular flexibility index (Phi) is 3.00. The van der Waals surface area contributed by atoms with E-state index in [2.05, 4.69) is 39.6 Å². The molecule has 0 bridgehead atoms. The second kappa shape index (κ2) is 3.73. The third kappa shape index (κ3) is 2.15. The van der Waals surface area contributed by atoms with E-state index in [0.29, 0.717) is 12.5 Å². The zero-order chi connectivity index (χ0) is 10.9. The van der Waals surface area contributed by atoms with Gasteiger partial charge >= 0.3 is 0 Å². The molecule has 0 saturated carbocycles. The summed E-state index contributed by atoms with van der Waals surface area (Å²) in [4.78, 5) is 4.51. The minimum Gasteiger partial charge on any atom is -0.443 e. The molecule has 0 radical (unpaired) electrons. The summed E-state index contributed by atoms with van der Waals surface area (Å²) in [5.41, 5.74) is 6.56. The first-order valence-electron chi connectivity index (χ1n) is 5.06. The normalized spacial score (nSPS) is 12.5. The van der Waals surface area contributed by atoms with Crippen LogP contribution in [0.25, 0.3) is 0 Å². The molecular weight excluding hydrogens is 176 g/mol. The average Bonchev–Trinajstić information content (AvgIpc) is 2.45. The van der Waals surface area contributed by atoms with Gasteiger partial charge in [0.05, 0.1) is 12.2 Å². The first-order valence-corrected chi connectivity index (χ1v) is 5.06. The molecule has 0 spiro atoms. The van der Waals surface area contributed by atoms with Crippen molar-refractivity contribution in [3.8, 4) is 0 Å². The smallest absolute Gasteiger partial charge is 0.200 e. The van der Waals surface area contributed by atoms with Crippen LogP contribution in [0.1, 0.15) is 57.9 Å². The highest BCUT2D eigenvalue weighted by atomic mass is 16.4. The van der Waals surface area contributed by atoms with E-state index in [9.17, 15) is 0 Å². The van der Waals surface area contributed by atoms with Gasteiger partial charge in [-0.25, -0.2) is 4.98 Å². The van der Waals surface area contributed by atoms with E-state index in [1.807, 2.05) is 0 Å². The first kappa shape index (κ1) is 11.2. The van der Waals surface area contributed by atoms with Gasteiger partial charge in [0, 0.05) is 5.41 Å². The van der Waals surface area contributed by atoms with Gasteiger partial charge in [-0.15, -0.1) is 0 Å². The standard InChI is InChI=1S/C11H20N2O/c1-7(2)9-8(6-12)14-10(13-9)11(3,4)5/h7H,6,12H2,1-5H3. The van der Waals surface area contributed by atoms with E-state index in [-0.39, 0.29) is 5.41 Å². The van der Waals surface area contributed by atoms with Crippen molar-refractivity contribution in [3.63, 3.8) is 0 Å². The Morgan fingerprint density at radius 2 is 1.93 bits per heavy atom. The SMILES string of the molecule is CC(C)c1nc(C(C)(C)C)oc1CN. The van der Waals surface area contributed by atoms with Crippen molar-refractivity contribution in [2.45, 2.75) is 52.5 Å². The van der Waals surface area contributed by atoms with E-state index in [1.54, 1.807) is 0 Å². The Labute approximate surface area is 85.7 Å². The molecule has 0 aliphatic rings. The molecule has 2 N–H and O–H groups in total. The summed E-state index contributed by atoms with van der Waals surface area (Å²) >= 11 is 0. The van der Waals surface area contributed by atoms with Gasteiger partial charge in [-0.1, -0.05) is 34.6 Å². The minimum atomic E-state index is -0.0446. The molecule has 0 aliphatic heterocycles. The van der Waals surface area contributed by atoms with Crippen LogP contribution in [-0.4, -0.2) is 4.98 Å². The molecule has 1 aromatic rings. The maximum atomic E-state index is 5.65. The molecule has 1 aromatic heterocycles. The quantitative estimate of drug-likeness (QED) is 0.790. The minimum absolute atomic E-state index is 0.0446. The van der Waals surface area contributed by atoms with Gasteiger partial charge in [-0.3, -0.25) is 0 Å². The third-order valence-electron chi connectivity index (χ3n) is 2.10. The number of oxazole rings is 1. The highest BCUT2D eigenvalue weighted by Crippen LogP contribution is 2.27. The lowest BCUT2D eigenvalue weighted by molar-refractivity contribution is 0.373. The van der Waals surface area contributed by atoms with E-state index in [4.69, 9.17) is 10.2 Å². The fourth-order valence-electron chi connectivity index (χ4n) is 1.28. The van der Waals surface area contributed by atoms with Crippen LogP contribution in [0.15, 0.2) is 4.42 Å². The van der Waals surface area contributed by atoms with Gasteiger partial charge in [0.15, 0.2) is 5.89 Å². The number of nitrogens with zero attached hydrogens (tertiary/aromatic N) is 1. The second-order valence-corrected chi connectivity index (χ2v) is 4.94. The summed E-state index contributed by atoms with van der Waals surface area (Å²) in [6.45, 7) is 10.9. The van der Waals surface area contributed by atoms with Gasteiger partial charge in [0.2, 0.25) is 0 Å². The number of hydrogen-bond acceptors (Lipinski definition) is 3. The highest BCUT2D eigenvalue weighted by Gasteiger charge is 2.23. The van der Waals surface area contributed by atoms with Crippen molar-refractivity contribution in [2.24, 2.45) is 5.73 Å². The van der Waals surface area contributed by atoms with Crippen LogP contribution in [0.5, 0.6) is 0 Å². The molecule has 0 amide bonds. The number of hydrogen-bond donors (Lipinski definition) is 1. The molecule has 0 unspecified atom stereocenters. The highest BCUT2D eigenvalue weighted by molar-refractivity contribution is 5.16. The van der Waals surface area contributed by atoms with Crippen molar-refractivity contribution >= 4 is 0 Å². The predicted octanol–water partition coefficient (Wildman–Crippen LogP) is 2.55. The van der Waals surface area contributed by atoms with Crippen LogP contribution in [0.3, 0.4) is 0 Å². The second-order valence-electron chi connectivity index (χ2n) is 4.94. The average molecular weight is 196 g/mol. The molecule has 1 heterocycles. The number of aromatic nitrogens is 1. The molecule has 80 valence electrons. The Morgan fingerprint density at radius 3 is 2.21 bits per heavy atom. The van der Waals surface area contributed by atoms with E-state index < -0.39 is 0 Å². The van der Waals surface area contributed by atoms with Gasteiger partial charge in [-0.05, 0) is 5.92 Å². The van der Waals surface area contributed by atoms with Crippen molar-refractivity contribution in [1.82, 2.24) is 4.98 Å². The molecule has 0 saturated heterocycles. The monoisotopic (exact) mass is 196 g/mol. The summed E-state index contributed by atoms with van der Waals surface area (Å²) in [5.74, 6) is 1.97. The number of rotatable bonds is 2. The zero-order valence-corrected chi connectivity index (χ0v) is 9.72. The summed E-state index contributed by atoms with van der Waals surface area (Å²) in [5, 5.41) is 0. The fraction of sp³-hybridized carbons (Fsp3) is 0.727. The first-order chi connectivity index (χ1) is 6.36. The van der Waals surface area contributed by atoms with Crippen LogP contribution in [0, 0.1) is 0 Å². The lowest BCUT2D eigenvalue weighted by Gasteiger charge is -2.12. The molecule has 3 nitrogen and oxygen atoms in total. The molecule has 0 atom stereocenters. The Balaban J connectivity index is 3.13. The lowest BCUT2D eigenvalue weighted by atomic mass is 9.97. The van der Waals surface area contributed by atoms with Gasteiger partial charge in [0.25, 0.3) is 0 Å². The zero-order valence-electron chi connectivity index (χ0n) is 9.72. The van der Waals surface area contributed by atoms with Gasteiger partial charge in [-0.2, -0.15) is 0 Å². The van der Waals surface area contributed by atoms with E-state index >= 15 is 0 Å². The van der Waals surface area contributed by atoms with Crippen molar-refractivity contribution in [3.05, 3.63) is 17.3 Å².